The van der Waals surface area contributed by atoms with Gasteiger partial charge in [0, 0.05) is 5.02 Å². The normalized spacial score (nSPS) is 10.5. The molecule has 2 aromatic rings. The van der Waals surface area contributed by atoms with Crippen LogP contribution in [0.4, 0.5) is 0 Å². The van der Waals surface area contributed by atoms with Crippen molar-refractivity contribution in [3.8, 4) is 5.69 Å². The van der Waals surface area contributed by atoms with Crippen molar-refractivity contribution in [1.29, 1.82) is 0 Å². The van der Waals surface area contributed by atoms with E-state index in [0.717, 1.165) is 11.3 Å². The average molecular weight is 252 g/mol. The molecule has 88 valence electrons. The van der Waals surface area contributed by atoms with Crippen molar-refractivity contribution < 1.29 is 9.90 Å². The molecule has 6 heteroatoms. The van der Waals surface area contributed by atoms with Crippen LogP contribution in [0, 0.1) is 6.92 Å². The third kappa shape index (κ3) is 2.29. The maximum atomic E-state index is 10.7. The molecule has 0 unspecified atom stereocenters. The predicted molar refractivity (Wildman–Crippen MR) is 62.4 cm³/mol. The minimum absolute atomic E-state index is 0.126. The first-order chi connectivity index (χ1) is 8.09. The summed E-state index contributed by atoms with van der Waals surface area (Å²) in [6.07, 6.45) is 1.31. The van der Waals surface area contributed by atoms with Crippen molar-refractivity contribution in [2.75, 3.05) is 0 Å². The first-order valence-corrected chi connectivity index (χ1v) is 5.34. The van der Waals surface area contributed by atoms with Crippen molar-refractivity contribution in [2.45, 2.75) is 13.3 Å². The lowest BCUT2D eigenvalue weighted by atomic mass is 10.2. The van der Waals surface area contributed by atoms with Crippen LogP contribution >= 0.6 is 11.6 Å². The summed E-state index contributed by atoms with van der Waals surface area (Å²) < 4.78 is 1.50. The molecule has 0 radical (unpaired) electrons. The largest absolute Gasteiger partial charge is 0.481 e. The number of carboxylic acids is 1. The lowest BCUT2D eigenvalue weighted by molar-refractivity contribution is -0.136. The maximum absolute atomic E-state index is 10.7. The van der Waals surface area contributed by atoms with E-state index in [2.05, 4.69) is 10.3 Å². The molecule has 0 atom stereocenters. The first-order valence-electron chi connectivity index (χ1n) is 4.96. The van der Waals surface area contributed by atoms with Gasteiger partial charge in [0.05, 0.1) is 24.0 Å². The highest BCUT2D eigenvalue weighted by Gasteiger charge is 2.12. The fourth-order valence-corrected chi connectivity index (χ4v) is 1.73. The smallest absolute Gasteiger partial charge is 0.309 e. The molecule has 0 saturated heterocycles. The van der Waals surface area contributed by atoms with Crippen molar-refractivity contribution >= 4 is 17.6 Å². The molecule has 1 N–H and O–H groups in total. The molecule has 0 aliphatic heterocycles. The molecule has 0 fully saturated rings. The number of nitrogens with zero attached hydrogens (tertiary/aromatic N) is 3. The van der Waals surface area contributed by atoms with Crippen molar-refractivity contribution in [2.24, 2.45) is 0 Å². The van der Waals surface area contributed by atoms with Crippen molar-refractivity contribution in [3.05, 3.63) is 40.7 Å². The maximum Gasteiger partial charge on any atom is 0.309 e. The van der Waals surface area contributed by atoms with E-state index in [4.69, 9.17) is 16.7 Å². The SMILES string of the molecule is Cc1c(Cl)cccc1-n1nncc1CC(=O)O. The van der Waals surface area contributed by atoms with Gasteiger partial charge in [0.2, 0.25) is 0 Å². The molecule has 5 nitrogen and oxygen atoms in total. The topological polar surface area (TPSA) is 68.0 Å². The van der Waals surface area contributed by atoms with E-state index in [0.29, 0.717) is 10.7 Å². The van der Waals surface area contributed by atoms with E-state index < -0.39 is 5.97 Å². The number of benzene rings is 1. The Morgan fingerprint density at radius 3 is 3.00 bits per heavy atom. The van der Waals surface area contributed by atoms with Crippen LogP contribution in [0.1, 0.15) is 11.3 Å². The highest BCUT2D eigenvalue weighted by Crippen LogP contribution is 2.22. The molecular formula is C11H10ClN3O2. The third-order valence-corrected chi connectivity index (χ3v) is 2.83. The standard InChI is InChI=1S/C11H10ClN3O2/c1-7-9(12)3-2-4-10(7)15-8(5-11(16)17)6-13-14-15/h2-4,6H,5H2,1H3,(H,16,17). The van der Waals surface area contributed by atoms with Crippen molar-refractivity contribution in [3.63, 3.8) is 0 Å². The minimum Gasteiger partial charge on any atom is -0.481 e. The zero-order valence-corrected chi connectivity index (χ0v) is 9.85. The van der Waals surface area contributed by atoms with E-state index in [9.17, 15) is 4.79 Å². The molecule has 1 aromatic heterocycles. The van der Waals surface area contributed by atoms with Crippen LogP contribution < -0.4 is 0 Å². The van der Waals surface area contributed by atoms with Gasteiger partial charge in [0.15, 0.2) is 0 Å². The number of carbonyl (C=O) groups is 1. The zero-order valence-electron chi connectivity index (χ0n) is 9.09. The number of halogens is 1. The Bertz CT molecular complexity index is 566. The Morgan fingerprint density at radius 1 is 1.53 bits per heavy atom. The van der Waals surface area contributed by atoms with E-state index in [1.165, 1.54) is 10.9 Å². The van der Waals surface area contributed by atoms with Gasteiger partial charge in [0.25, 0.3) is 0 Å². The number of aromatic nitrogens is 3. The second kappa shape index (κ2) is 4.55. The second-order valence-electron chi connectivity index (χ2n) is 3.59. The van der Waals surface area contributed by atoms with Gasteiger partial charge in [0.1, 0.15) is 0 Å². The van der Waals surface area contributed by atoms with Gasteiger partial charge in [-0.05, 0) is 24.6 Å². The summed E-state index contributed by atoms with van der Waals surface area (Å²) in [6.45, 7) is 1.85. The Balaban J connectivity index is 2.50. The Morgan fingerprint density at radius 2 is 2.29 bits per heavy atom. The summed E-state index contributed by atoms with van der Waals surface area (Å²) in [5, 5.41) is 17.0. The Labute approximate surface area is 103 Å². The highest BCUT2D eigenvalue weighted by atomic mass is 35.5. The van der Waals surface area contributed by atoms with Gasteiger partial charge >= 0.3 is 5.97 Å². The van der Waals surface area contributed by atoms with Crippen molar-refractivity contribution in [1.82, 2.24) is 15.0 Å². The summed E-state index contributed by atoms with van der Waals surface area (Å²) in [5.41, 5.74) is 2.10. The van der Waals surface area contributed by atoms with E-state index in [-0.39, 0.29) is 6.42 Å². The zero-order chi connectivity index (χ0) is 12.4. The molecule has 1 aromatic carbocycles. The van der Waals surface area contributed by atoms with E-state index in [1.54, 1.807) is 12.1 Å². The second-order valence-corrected chi connectivity index (χ2v) is 4.00. The number of aliphatic carboxylic acids is 1. The molecule has 0 saturated carbocycles. The molecular weight excluding hydrogens is 242 g/mol. The molecule has 1 heterocycles. The Hall–Kier alpha value is -1.88. The Kier molecular flexibility index (Phi) is 3.10. The summed E-state index contributed by atoms with van der Waals surface area (Å²) in [5.74, 6) is -0.923. The van der Waals surface area contributed by atoms with Gasteiger partial charge < -0.3 is 5.11 Å². The summed E-state index contributed by atoms with van der Waals surface area (Å²) in [7, 11) is 0. The molecule has 0 amide bonds. The number of hydrogen-bond donors (Lipinski definition) is 1. The van der Waals surface area contributed by atoms with Crippen LogP contribution in [0.2, 0.25) is 5.02 Å². The van der Waals surface area contributed by atoms with Crippen LogP contribution in [0.25, 0.3) is 5.69 Å². The van der Waals surface area contributed by atoms with Gasteiger partial charge in [-0.15, -0.1) is 5.10 Å². The van der Waals surface area contributed by atoms with E-state index in [1.807, 2.05) is 13.0 Å². The van der Waals surface area contributed by atoms with Crippen LogP contribution in [-0.2, 0) is 11.2 Å². The van der Waals surface area contributed by atoms with Crippen LogP contribution in [0.3, 0.4) is 0 Å². The number of rotatable bonds is 3. The lowest BCUT2D eigenvalue weighted by Crippen LogP contribution is -2.09. The lowest BCUT2D eigenvalue weighted by Gasteiger charge is -2.08. The highest BCUT2D eigenvalue weighted by molar-refractivity contribution is 6.31. The summed E-state index contributed by atoms with van der Waals surface area (Å²) in [4.78, 5) is 10.7. The molecule has 2 rings (SSSR count). The number of hydrogen-bond acceptors (Lipinski definition) is 3. The molecule has 0 bridgehead atoms. The average Bonchev–Trinajstić information content (AvgIpc) is 2.69. The fraction of sp³-hybridized carbons (Fsp3) is 0.182. The molecule has 17 heavy (non-hydrogen) atoms. The van der Waals surface area contributed by atoms with Gasteiger partial charge in [-0.3, -0.25) is 4.79 Å². The molecule has 0 aliphatic carbocycles. The summed E-state index contributed by atoms with van der Waals surface area (Å²) in [6, 6.07) is 5.38. The van der Waals surface area contributed by atoms with Crippen LogP contribution in [-0.4, -0.2) is 26.1 Å². The van der Waals surface area contributed by atoms with Crippen LogP contribution in [0.5, 0.6) is 0 Å². The first kappa shape index (κ1) is 11.6. The number of carboxylic acid groups (broad SMARTS) is 1. The van der Waals surface area contributed by atoms with Gasteiger partial charge in [-0.1, -0.05) is 22.9 Å². The summed E-state index contributed by atoms with van der Waals surface area (Å²) >= 11 is 6.01. The van der Waals surface area contributed by atoms with E-state index >= 15 is 0 Å². The van der Waals surface area contributed by atoms with Gasteiger partial charge in [-0.2, -0.15) is 0 Å². The van der Waals surface area contributed by atoms with Gasteiger partial charge in [-0.25, -0.2) is 4.68 Å². The third-order valence-electron chi connectivity index (χ3n) is 2.42. The predicted octanol–water partition coefficient (Wildman–Crippen LogP) is 1.86. The quantitative estimate of drug-likeness (QED) is 0.904. The minimum atomic E-state index is -0.923. The van der Waals surface area contributed by atoms with Crippen LogP contribution in [0.15, 0.2) is 24.4 Å². The fourth-order valence-electron chi connectivity index (χ4n) is 1.56. The molecule has 0 spiro atoms. The molecule has 0 aliphatic rings. The monoisotopic (exact) mass is 251 g/mol.